The van der Waals surface area contributed by atoms with Gasteiger partial charge in [-0.25, -0.2) is 4.39 Å². The van der Waals surface area contributed by atoms with Gasteiger partial charge < -0.3 is 15.0 Å². The third-order valence-corrected chi connectivity index (χ3v) is 4.19. The lowest BCUT2D eigenvalue weighted by Gasteiger charge is -2.26. The van der Waals surface area contributed by atoms with Crippen molar-refractivity contribution in [1.82, 2.24) is 15.1 Å². The molecule has 0 aliphatic carbocycles. The Kier molecular flexibility index (Phi) is 7.98. The molecule has 1 heterocycles. The van der Waals surface area contributed by atoms with E-state index in [0.717, 1.165) is 57.3 Å². The monoisotopic (exact) mass is 336 g/mol. The quantitative estimate of drug-likeness (QED) is 0.469. The van der Waals surface area contributed by atoms with E-state index in [-0.39, 0.29) is 5.82 Å². The van der Waals surface area contributed by atoms with Gasteiger partial charge in [-0.1, -0.05) is 12.1 Å². The predicted molar refractivity (Wildman–Crippen MR) is 95.7 cm³/mol. The molecule has 2 rings (SSSR count). The summed E-state index contributed by atoms with van der Waals surface area (Å²) < 4.78 is 18.3. The van der Waals surface area contributed by atoms with Gasteiger partial charge in [-0.15, -0.1) is 0 Å². The van der Waals surface area contributed by atoms with Crippen molar-refractivity contribution >= 4 is 5.96 Å². The normalized spacial score (nSPS) is 16.2. The molecule has 1 aromatic rings. The molecule has 1 N–H and O–H groups in total. The second-order valence-corrected chi connectivity index (χ2v) is 6.12. The zero-order valence-corrected chi connectivity index (χ0v) is 14.8. The minimum atomic E-state index is -0.204. The summed E-state index contributed by atoms with van der Waals surface area (Å²) in [7, 11) is 3.78. The van der Waals surface area contributed by atoms with E-state index in [1.165, 1.54) is 18.6 Å². The zero-order valence-electron chi connectivity index (χ0n) is 14.8. The minimum absolute atomic E-state index is 0.204. The van der Waals surface area contributed by atoms with Crippen molar-refractivity contribution in [2.75, 3.05) is 53.5 Å². The van der Waals surface area contributed by atoms with Gasteiger partial charge in [0.05, 0.1) is 13.2 Å². The summed E-state index contributed by atoms with van der Waals surface area (Å²) >= 11 is 0. The first-order valence-corrected chi connectivity index (χ1v) is 8.65. The van der Waals surface area contributed by atoms with E-state index in [1.807, 2.05) is 7.05 Å². The second-order valence-electron chi connectivity index (χ2n) is 6.12. The molecule has 0 bridgehead atoms. The van der Waals surface area contributed by atoms with E-state index >= 15 is 0 Å². The van der Waals surface area contributed by atoms with Crippen LogP contribution >= 0.6 is 0 Å². The molecule has 0 spiro atoms. The first-order chi connectivity index (χ1) is 11.7. The van der Waals surface area contributed by atoms with Gasteiger partial charge in [0.15, 0.2) is 5.96 Å². The highest BCUT2D eigenvalue weighted by molar-refractivity contribution is 5.79. The maximum Gasteiger partial charge on any atom is 0.193 e. The molecule has 24 heavy (non-hydrogen) atoms. The highest BCUT2D eigenvalue weighted by atomic mass is 19.1. The fourth-order valence-corrected chi connectivity index (χ4v) is 2.81. The van der Waals surface area contributed by atoms with E-state index in [4.69, 9.17) is 4.74 Å². The van der Waals surface area contributed by atoms with Crippen LogP contribution < -0.4 is 5.32 Å². The molecule has 0 atom stereocenters. The molecule has 0 unspecified atom stereocenters. The molecule has 1 aliphatic heterocycles. The first kappa shape index (κ1) is 18.7. The van der Waals surface area contributed by atoms with Crippen LogP contribution in [0.3, 0.4) is 0 Å². The first-order valence-electron chi connectivity index (χ1n) is 8.65. The Balaban J connectivity index is 1.64. The van der Waals surface area contributed by atoms with Gasteiger partial charge in [0.25, 0.3) is 0 Å². The van der Waals surface area contributed by atoms with Crippen LogP contribution in [0, 0.1) is 5.82 Å². The van der Waals surface area contributed by atoms with Crippen molar-refractivity contribution in [3.63, 3.8) is 0 Å². The molecule has 1 saturated heterocycles. The lowest BCUT2D eigenvalue weighted by molar-refractivity contribution is 0.0372. The highest BCUT2D eigenvalue weighted by Gasteiger charge is 2.10. The van der Waals surface area contributed by atoms with E-state index in [2.05, 4.69) is 20.1 Å². The number of rotatable bonds is 7. The Bertz CT molecular complexity index is 500. The third-order valence-electron chi connectivity index (χ3n) is 4.19. The Hall–Kier alpha value is -1.66. The van der Waals surface area contributed by atoms with E-state index in [1.54, 1.807) is 19.2 Å². The predicted octanol–water partition coefficient (Wildman–Crippen LogP) is 1.95. The Morgan fingerprint density at radius 3 is 2.62 bits per heavy atom. The standard InChI is InChI=1S/C18H29FN4O/c1-20-18(22(2)15-16-5-7-17(19)8-6-16)21-9-3-4-10-23-11-13-24-14-12-23/h5-8H,3-4,9-15H2,1-2H3,(H,20,21). The maximum absolute atomic E-state index is 13.0. The number of halogens is 1. The van der Waals surface area contributed by atoms with Crippen molar-refractivity contribution in [2.45, 2.75) is 19.4 Å². The fraction of sp³-hybridized carbons (Fsp3) is 0.611. The van der Waals surface area contributed by atoms with Crippen LogP contribution in [0.2, 0.25) is 0 Å². The van der Waals surface area contributed by atoms with Gasteiger partial charge in [0, 0.05) is 40.3 Å². The van der Waals surface area contributed by atoms with Gasteiger partial charge in [-0.3, -0.25) is 9.89 Å². The number of aliphatic imine (C=N–C) groups is 1. The van der Waals surface area contributed by atoms with E-state index < -0.39 is 0 Å². The summed E-state index contributed by atoms with van der Waals surface area (Å²) in [4.78, 5) is 8.83. The smallest absolute Gasteiger partial charge is 0.193 e. The van der Waals surface area contributed by atoms with E-state index in [0.29, 0.717) is 6.54 Å². The third kappa shape index (κ3) is 6.45. The molecule has 1 aliphatic rings. The van der Waals surface area contributed by atoms with Crippen LogP contribution in [0.15, 0.2) is 29.3 Å². The number of morpholine rings is 1. The van der Waals surface area contributed by atoms with Crippen LogP contribution in [0.4, 0.5) is 4.39 Å². The molecule has 134 valence electrons. The number of hydrogen-bond donors (Lipinski definition) is 1. The van der Waals surface area contributed by atoms with Gasteiger partial charge in [-0.2, -0.15) is 0 Å². The number of ether oxygens (including phenoxy) is 1. The van der Waals surface area contributed by atoms with Gasteiger partial charge in [-0.05, 0) is 37.1 Å². The Morgan fingerprint density at radius 1 is 1.25 bits per heavy atom. The van der Waals surface area contributed by atoms with Crippen molar-refractivity contribution in [3.8, 4) is 0 Å². The van der Waals surface area contributed by atoms with Crippen LogP contribution in [0.5, 0.6) is 0 Å². The average molecular weight is 336 g/mol. The molecule has 0 saturated carbocycles. The number of nitrogens with zero attached hydrogens (tertiary/aromatic N) is 3. The second kappa shape index (κ2) is 10.3. The summed E-state index contributed by atoms with van der Waals surface area (Å²) in [6.45, 7) is 6.57. The SMILES string of the molecule is CN=C(NCCCCN1CCOCC1)N(C)Cc1ccc(F)cc1. The average Bonchev–Trinajstić information content (AvgIpc) is 2.61. The molecule has 5 nitrogen and oxygen atoms in total. The fourth-order valence-electron chi connectivity index (χ4n) is 2.81. The summed E-state index contributed by atoms with van der Waals surface area (Å²) in [5.41, 5.74) is 1.06. The number of nitrogens with one attached hydrogen (secondary N) is 1. The number of unbranched alkanes of at least 4 members (excludes halogenated alkanes) is 1. The van der Waals surface area contributed by atoms with Crippen LogP contribution in [0.1, 0.15) is 18.4 Å². The van der Waals surface area contributed by atoms with Crippen molar-refractivity contribution in [2.24, 2.45) is 4.99 Å². The molecular formula is C18H29FN4O. The summed E-state index contributed by atoms with van der Waals surface area (Å²) in [5.74, 6) is 0.662. The molecule has 6 heteroatoms. The molecule has 1 aromatic carbocycles. The summed E-state index contributed by atoms with van der Waals surface area (Å²) in [6.07, 6.45) is 2.28. The molecule has 0 amide bonds. The van der Waals surface area contributed by atoms with Gasteiger partial charge >= 0.3 is 0 Å². The Morgan fingerprint density at radius 2 is 1.96 bits per heavy atom. The minimum Gasteiger partial charge on any atom is -0.379 e. The van der Waals surface area contributed by atoms with Crippen LogP contribution in [-0.2, 0) is 11.3 Å². The molecular weight excluding hydrogens is 307 g/mol. The topological polar surface area (TPSA) is 40.1 Å². The molecule has 0 aromatic heterocycles. The lowest BCUT2D eigenvalue weighted by atomic mass is 10.2. The summed E-state index contributed by atoms with van der Waals surface area (Å²) in [5, 5.41) is 3.40. The van der Waals surface area contributed by atoms with Crippen LogP contribution in [0.25, 0.3) is 0 Å². The van der Waals surface area contributed by atoms with Crippen molar-refractivity contribution in [3.05, 3.63) is 35.6 Å². The highest BCUT2D eigenvalue weighted by Crippen LogP contribution is 2.06. The zero-order chi connectivity index (χ0) is 17.2. The largest absolute Gasteiger partial charge is 0.379 e. The van der Waals surface area contributed by atoms with Gasteiger partial charge in [0.2, 0.25) is 0 Å². The number of hydrogen-bond acceptors (Lipinski definition) is 3. The van der Waals surface area contributed by atoms with E-state index in [9.17, 15) is 4.39 Å². The maximum atomic E-state index is 13.0. The molecule has 1 fully saturated rings. The number of guanidine groups is 1. The van der Waals surface area contributed by atoms with Crippen molar-refractivity contribution in [1.29, 1.82) is 0 Å². The number of benzene rings is 1. The van der Waals surface area contributed by atoms with Gasteiger partial charge in [0.1, 0.15) is 5.82 Å². The van der Waals surface area contributed by atoms with Crippen molar-refractivity contribution < 1.29 is 9.13 Å². The lowest BCUT2D eigenvalue weighted by Crippen LogP contribution is -2.39. The molecule has 0 radical (unpaired) electrons. The Labute approximate surface area is 144 Å². The van der Waals surface area contributed by atoms with Crippen LogP contribution in [-0.4, -0.2) is 69.2 Å². The summed E-state index contributed by atoms with van der Waals surface area (Å²) in [6, 6.07) is 6.60.